The lowest BCUT2D eigenvalue weighted by Gasteiger charge is -2.40. The van der Waals surface area contributed by atoms with Gasteiger partial charge in [0.25, 0.3) is 0 Å². The maximum atomic E-state index is 9.67. The van der Waals surface area contributed by atoms with E-state index in [4.69, 9.17) is 0 Å². The molecule has 0 aromatic rings. The van der Waals surface area contributed by atoms with Gasteiger partial charge in [0, 0.05) is 13.0 Å². The Morgan fingerprint density at radius 3 is 1.27 bits per heavy atom. The maximum absolute atomic E-state index is 9.67. The normalized spacial score (nSPS) is 13.3. The van der Waals surface area contributed by atoms with Crippen molar-refractivity contribution in [1.29, 1.82) is 0 Å². The van der Waals surface area contributed by atoms with E-state index in [0.29, 0.717) is 0 Å². The second kappa shape index (κ2) is 20.0. The quantitative estimate of drug-likeness (QED) is 0.118. The number of hydrogen-bond donors (Lipinski definition) is 4. The molecule has 0 heterocycles. The van der Waals surface area contributed by atoms with Crippen molar-refractivity contribution >= 4 is 8.97 Å². The van der Waals surface area contributed by atoms with E-state index in [1.807, 2.05) is 6.92 Å². The average molecular weight is 469 g/mol. The Balaban J connectivity index is 0. The number of nitrogens with one attached hydrogen (secondary N) is 1. The zero-order valence-electron chi connectivity index (χ0n) is 20.5. The molecule has 0 aromatic carbocycles. The minimum Gasteiger partial charge on any atom is -1.00 e. The zero-order valence-corrected chi connectivity index (χ0v) is 22.2. The summed E-state index contributed by atoms with van der Waals surface area (Å²) in [5.74, 6) is 0. The summed E-state index contributed by atoms with van der Waals surface area (Å²) in [4.78, 5) is 29.0. The number of quaternary nitrogens is 1. The van der Waals surface area contributed by atoms with E-state index in [9.17, 15) is 14.4 Å². The standard InChI is InChI=1S/C23H53N2O3Si.ClH/c1-5-7-8-9-10-11-12-13-14-15-16-17-18-19-20-21-22-24-23(6-2)25(3,4)29(26,27)28;/h23-24,26-28H,5-22H2,1-4H3;1H/q+1;/p-1. The van der Waals surface area contributed by atoms with E-state index in [0.717, 1.165) is 19.4 Å². The van der Waals surface area contributed by atoms with E-state index in [2.05, 4.69) is 12.2 Å². The molecule has 4 N–H and O–H groups in total. The van der Waals surface area contributed by atoms with Crippen LogP contribution in [0.2, 0.25) is 0 Å². The van der Waals surface area contributed by atoms with Crippen molar-refractivity contribution in [3.63, 3.8) is 0 Å². The molecule has 0 aliphatic carbocycles. The predicted octanol–water partition coefficient (Wildman–Crippen LogP) is 2.07. The fourth-order valence-electron chi connectivity index (χ4n) is 3.98. The Kier molecular flexibility index (Phi) is 21.6. The van der Waals surface area contributed by atoms with Gasteiger partial charge in [0.2, 0.25) is 0 Å². The summed E-state index contributed by atoms with van der Waals surface area (Å²) in [6.07, 6.45) is 22.5. The van der Waals surface area contributed by atoms with E-state index in [1.54, 1.807) is 14.1 Å². The summed E-state index contributed by atoms with van der Waals surface area (Å²) in [5, 5.41) is 3.39. The molecule has 1 atom stereocenters. The first-order valence-electron chi connectivity index (χ1n) is 12.5. The van der Waals surface area contributed by atoms with Crippen LogP contribution in [0.4, 0.5) is 0 Å². The van der Waals surface area contributed by atoms with Crippen LogP contribution in [0.1, 0.15) is 123 Å². The largest absolute Gasteiger partial charge is 1.00 e. The molecule has 5 nitrogen and oxygen atoms in total. The molecule has 0 aromatic heterocycles. The first-order chi connectivity index (χ1) is 13.8. The third-order valence-corrected chi connectivity index (χ3v) is 8.21. The first-order valence-corrected chi connectivity index (χ1v) is 14.3. The Morgan fingerprint density at radius 2 is 0.967 bits per heavy atom. The molecule has 1 unspecified atom stereocenters. The molecular formula is C23H53ClN2O3Si. The Bertz CT molecular complexity index is 369. The van der Waals surface area contributed by atoms with Crippen molar-refractivity contribution < 1.29 is 30.9 Å². The second-order valence-electron chi connectivity index (χ2n) is 9.32. The summed E-state index contributed by atoms with van der Waals surface area (Å²) in [5.41, 5.74) is 0. The van der Waals surface area contributed by atoms with Gasteiger partial charge >= 0.3 is 8.97 Å². The average Bonchev–Trinajstić information content (AvgIpc) is 2.66. The number of halogens is 1. The molecule has 7 heteroatoms. The summed E-state index contributed by atoms with van der Waals surface area (Å²) in [6, 6.07) is 0. The van der Waals surface area contributed by atoms with Gasteiger partial charge in [0.05, 0.1) is 14.1 Å². The SMILES string of the molecule is CCCCCCCCCCCCCCCCCCNC(CC)[N+](C)(C)[Si](O)(O)O.[Cl-]. The van der Waals surface area contributed by atoms with Gasteiger partial charge in [0.1, 0.15) is 6.17 Å². The molecule has 0 saturated heterocycles. The van der Waals surface area contributed by atoms with Crippen LogP contribution in [0.3, 0.4) is 0 Å². The van der Waals surface area contributed by atoms with Crippen LogP contribution in [0.5, 0.6) is 0 Å². The Labute approximate surface area is 195 Å². The van der Waals surface area contributed by atoms with Crippen molar-refractivity contribution in [1.82, 2.24) is 5.32 Å². The third-order valence-electron chi connectivity index (χ3n) is 6.35. The second-order valence-corrected chi connectivity index (χ2v) is 11.7. The molecule has 0 aliphatic heterocycles. The molecule has 184 valence electrons. The van der Waals surface area contributed by atoms with Gasteiger partial charge in [-0.05, 0) is 6.42 Å². The van der Waals surface area contributed by atoms with Crippen molar-refractivity contribution in [2.45, 2.75) is 129 Å². The van der Waals surface area contributed by atoms with Crippen LogP contribution in [-0.2, 0) is 0 Å². The van der Waals surface area contributed by atoms with Gasteiger partial charge < -0.3 is 30.9 Å². The number of rotatable bonds is 21. The summed E-state index contributed by atoms with van der Waals surface area (Å²) < 4.78 is -0.150. The van der Waals surface area contributed by atoms with E-state index < -0.39 is 8.97 Å². The number of unbranched alkanes of at least 4 members (excludes halogenated alkanes) is 15. The summed E-state index contributed by atoms with van der Waals surface area (Å²) >= 11 is 0. The highest BCUT2D eigenvalue weighted by molar-refractivity contribution is 6.47. The monoisotopic (exact) mass is 468 g/mol. The van der Waals surface area contributed by atoms with Crippen molar-refractivity contribution in [3.05, 3.63) is 0 Å². The predicted molar refractivity (Wildman–Crippen MR) is 126 cm³/mol. The topological polar surface area (TPSA) is 72.7 Å². The lowest BCUT2D eigenvalue weighted by Crippen LogP contribution is -3.00. The van der Waals surface area contributed by atoms with Gasteiger partial charge in [-0.25, -0.2) is 0 Å². The van der Waals surface area contributed by atoms with Crippen LogP contribution >= 0.6 is 0 Å². The lowest BCUT2D eigenvalue weighted by atomic mass is 10.0. The van der Waals surface area contributed by atoms with E-state index >= 15 is 0 Å². The summed E-state index contributed by atoms with van der Waals surface area (Å²) in [6.45, 7) is 5.15. The fourth-order valence-corrected chi connectivity index (χ4v) is 4.67. The molecule has 0 fully saturated rings. The Morgan fingerprint density at radius 1 is 0.633 bits per heavy atom. The van der Waals surface area contributed by atoms with E-state index in [-0.39, 0.29) is 22.7 Å². The van der Waals surface area contributed by atoms with Crippen molar-refractivity contribution in [2.24, 2.45) is 0 Å². The van der Waals surface area contributed by atoms with Gasteiger partial charge in [-0.15, -0.1) is 0 Å². The molecule has 0 rings (SSSR count). The highest BCUT2D eigenvalue weighted by Crippen LogP contribution is 2.16. The first kappa shape index (κ1) is 32.5. The Hall–Kier alpha value is 0.307. The third kappa shape index (κ3) is 16.0. The molecule has 0 radical (unpaired) electrons. The molecular weight excluding hydrogens is 416 g/mol. The molecule has 0 amide bonds. The molecule has 30 heavy (non-hydrogen) atoms. The van der Waals surface area contributed by atoms with E-state index in [1.165, 1.54) is 96.3 Å². The smallest absolute Gasteiger partial charge is 0.777 e. The highest BCUT2D eigenvalue weighted by Gasteiger charge is 2.55. The van der Waals surface area contributed by atoms with Crippen molar-refractivity contribution in [3.8, 4) is 0 Å². The zero-order chi connectivity index (χ0) is 22.0. The highest BCUT2D eigenvalue weighted by atomic mass is 35.5. The van der Waals surface area contributed by atoms with Crippen LogP contribution in [-0.4, -0.2) is 54.3 Å². The van der Waals surface area contributed by atoms with Gasteiger partial charge in [-0.2, -0.15) is 0 Å². The van der Waals surface area contributed by atoms with Crippen LogP contribution in [0.25, 0.3) is 0 Å². The minimum atomic E-state index is -4.21. The number of nitrogens with zero attached hydrogens (tertiary/aromatic N) is 1. The van der Waals surface area contributed by atoms with Gasteiger partial charge in [-0.3, -0.25) is 5.32 Å². The molecule has 0 saturated carbocycles. The number of hydrogen-bond acceptors (Lipinski definition) is 4. The lowest BCUT2D eigenvalue weighted by molar-refractivity contribution is -0.848. The maximum Gasteiger partial charge on any atom is 0.777 e. The molecule has 0 bridgehead atoms. The van der Waals surface area contributed by atoms with Crippen LogP contribution in [0.15, 0.2) is 0 Å². The minimum absolute atomic E-state index is 0. The molecule has 0 spiro atoms. The van der Waals surface area contributed by atoms with Crippen LogP contribution in [0, 0.1) is 0 Å². The summed E-state index contributed by atoms with van der Waals surface area (Å²) in [7, 11) is -0.843. The van der Waals surface area contributed by atoms with Crippen LogP contribution < -0.4 is 17.7 Å². The van der Waals surface area contributed by atoms with Crippen molar-refractivity contribution in [2.75, 3.05) is 20.6 Å². The van der Waals surface area contributed by atoms with Gasteiger partial charge in [-0.1, -0.05) is 110 Å². The van der Waals surface area contributed by atoms with Gasteiger partial charge in [0.15, 0.2) is 0 Å². The molecule has 0 aliphatic rings. The fraction of sp³-hybridized carbons (Fsp3) is 1.00.